The van der Waals surface area contributed by atoms with E-state index in [0.717, 1.165) is 18.6 Å². The number of pyridine rings is 1. The molecule has 35 heavy (non-hydrogen) atoms. The van der Waals surface area contributed by atoms with Gasteiger partial charge in [-0.05, 0) is 68.6 Å². The lowest BCUT2D eigenvalue weighted by Gasteiger charge is -2.47. The number of halogens is 3. The van der Waals surface area contributed by atoms with Crippen LogP contribution in [0.5, 0.6) is 0 Å². The Hall–Kier alpha value is -1.65. The standard InChI is InChI=1S/C24H30BrClFN5O2S/c1-6-8-9-14-15-11-10-13(32(15)23(33)34-24(3,4)5)12-31(14)21-16-18(28-22(30-21)35-7-2)17(27)20(26)29-19(16)25/h6,8,13-15H,7,9-12H2,1-5H3/b8-6-/t13-,14-,15+/m1/s1. The van der Waals surface area contributed by atoms with Crippen molar-refractivity contribution < 1.29 is 13.9 Å². The molecule has 3 atom stereocenters. The molecule has 0 spiro atoms. The van der Waals surface area contributed by atoms with Crippen molar-refractivity contribution in [3.05, 3.63) is 27.7 Å². The molecule has 2 aliphatic rings. The second kappa shape index (κ2) is 10.4. The van der Waals surface area contributed by atoms with Crippen molar-refractivity contribution in [1.29, 1.82) is 0 Å². The maximum Gasteiger partial charge on any atom is 0.410 e. The lowest BCUT2D eigenvalue weighted by Crippen LogP contribution is -2.62. The minimum Gasteiger partial charge on any atom is -0.444 e. The van der Waals surface area contributed by atoms with Crippen LogP contribution < -0.4 is 4.90 Å². The summed E-state index contributed by atoms with van der Waals surface area (Å²) in [5.41, 5.74) is -0.431. The van der Waals surface area contributed by atoms with E-state index < -0.39 is 11.4 Å². The molecule has 0 aromatic carbocycles. The van der Waals surface area contributed by atoms with E-state index in [4.69, 9.17) is 21.3 Å². The van der Waals surface area contributed by atoms with Crippen LogP contribution >= 0.6 is 39.3 Å². The Morgan fingerprint density at radius 2 is 2.06 bits per heavy atom. The summed E-state index contributed by atoms with van der Waals surface area (Å²) >= 11 is 11.0. The molecular formula is C24H30BrClFN5O2S. The van der Waals surface area contributed by atoms with Crippen LogP contribution in [-0.4, -0.2) is 62.0 Å². The number of nitrogens with zero attached hydrogens (tertiary/aromatic N) is 5. The van der Waals surface area contributed by atoms with Crippen molar-refractivity contribution in [2.24, 2.45) is 0 Å². The number of hydrogen-bond acceptors (Lipinski definition) is 7. The summed E-state index contributed by atoms with van der Waals surface area (Å²) in [5, 5.41) is 0.736. The van der Waals surface area contributed by atoms with Gasteiger partial charge in [0.05, 0.1) is 23.5 Å². The van der Waals surface area contributed by atoms with E-state index in [1.54, 1.807) is 0 Å². The molecule has 0 radical (unpaired) electrons. The van der Waals surface area contributed by atoms with Gasteiger partial charge in [0.15, 0.2) is 16.1 Å². The van der Waals surface area contributed by atoms with Crippen LogP contribution in [0.25, 0.3) is 10.9 Å². The molecule has 1 amide bonds. The highest BCUT2D eigenvalue weighted by Crippen LogP contribution is 2.42. The average Bonchev–Trinajstić information content (AvgIpc) is 3.10. The maximum atomic E-state index is 15.1. The number of amides is 1. The van der Waals surface area contributed by atoms with Crippen molar-refractivity contribution in [1.82, 2.24) is 19.9 Å². The van der Waals surface area contributed by atoms with E-state index in [0.29, 0.717) is 33.9 Å². The zero-order chi connectivity index (χ0) is 25.5. The fourth-order valence-electron chi connectivity index (χ4n) is 4.91. The largest absolute Gasteiger partial charge is 0.444 e. The predicted molar refractivity (Wildman–Crippen MR) is 142 cm³/mol. The molecule has 11 heteroatoms. The van der Waals surface area contributed by atoms with Gasteiger partial charge < -0.3 is 9.64 Å². The summed E-state index contributed by atoms with van der Waals surface area (Å²) in [6.45, 7) is 10.2. The average molecular weight is 587 g/mol. The number of carbonyl (C=O) groups is 1. The van der Waals surface area contributed by atoms with Crippen LogP contribution in [0.3, 0.4) is 0 Å². The van der Waals surface area contributed by atoms with E-state index in [-0.39, 0.29) is 34.9 Å². The first kappa shape index (κ1) is 26.4. The number of thioether (sulfide) groups is 1. The predicted octanol–water partition coefficient (Wildman–Crippen LogP) is 6.61. The van der Waals surface area contributed by atoms with Crippen LogP contribution in [-0.2, 0) is 4.74 Å². The van der Waals surface area contributed by atoms with Gasteiger partial charge in [0.25, 0.3) is 0 Å². The van der Waals surface area contributed by atoms with E-state index in [1.165, 1.54) is 11.8 Å². The van der Waals surface area contributed by atoms with E-state index >= 15 is 4.39 Å². The summed E-state index contributed by atoms with van der Waals surface area (Å²) in [7, 11) is 0. The van der Waals surface area contributed by atoms with E-state index in [1.807, 2.05) is 45.6 Å². The number of fused-ring (bicyclic) bond motifs is 3. The molecular weight excluding hydrogens is 557 g/mol. The number of carbonyl (C=O) groups excluding carboxylic acids is 1. The first-order valence-electron chi connectivity index (χ1n) is 11.8. The fraction of sp³-hybridized carbons (Fsp3) is 0.583. The number of piperazine rings is 1. The van der Waals surface area contributed by atoms with Crippen LogP contribution in [0.15, 0.2) is 21.9 Å². The molecule has 2 fully saturated rings. The molecule has 2 bridgehead atoms. The monoisotopic (exact) mass is 585 g/mol. The molecule has 4 rings (SSSR count). The number of rotatable bonds is 5. The molecule has 0 unspecified atom stereocenters. The number of aromatic nitrogens is 3. The van der Waals surface area contributed by atoms with Gasteiger partial charge in [-0.2, -0.15) is 0 Å². The molecule has 0 aliphatic carbocycles. The first-order chi connectivity index (χ1) is 16.6. The SMILES string of the molecule is C/C=C\C[C@@H]1[C@@H]2CC[C@H](CN1c1nc(SCC)nc3c(F)c(Cl)nc(Br)c13)N2C(=O)OC(C)(C)C. The van der Waals surface area contributed by atoms with Gasteiger partial charge in [0.2, 0.25) is 0 Å². The van der Waals surface area contributed by atoms with E-state index in [9.17, 15) is 4.79 Å². The molecule has 0 N–H and O–H groups in total. The smallest absolute Gasteiger partial charge is 0.410 e. The van der Waals surface area contributed by atoms with Crippen molar-refractivity contribution in [2.45, 2.75) is 82.8 Å². The van der Waals surface area contributed by atoms with Crippen molar-refractivity contribution >= 4 is 62.1 Å². The minimum atomic E-state index is -0.660. The summed E-state index contributed by atoms with van der Waals surface area (Å²) in [6.07, 6.45) is 6.25. The molecule has 4 heterocycles. The number of ether oxygens (including phenoxy) is 1. The third-order valence-corrected chi connectivity index (χ3v) is 7.78. The molecule has 2 aromatic heterocycles. The second-order valence-corrected chi connectivity index (χ2v) is 12.0. The number of hydrogen-bond donors (Lipinski definition) is 0. The zero-order valence-electron chi connectivity index (χ0n) is 20.5. The van der Waals surface area contributed by atoms with Gasteiger partial charge >= 0.3 is 6.09 Å². The maximum absolute atomic E-state index is 15.1. The third-order valence-electron chi connectivity index (χ3n) is 6.22. The Morgan fingerprint density at radius 1 is 1.31 bits per heavy atom. The van der Waals surface area contributed by atoms with Gasteiger partial charge in [-0.1, -0.05) is 42.4 Å². The normalized spacial score (nSPS) is 22.5. The van der Waals surface area contributed by atoms with E-state index in [2.05, 4.69) is 36.9 Å². The number of anilines is 1. The van der Waals surface area contributed by atoms with Gasteiger partial charge in [-0.25, -0.2) is 24.1 Å². The molecule has 2 aliphatic heterocycles. The van der Waals surface area contributed by atoms with Gasteiger partial charge in [-0.15, -0.1) is 0 Å². The Kier molecular flexibility index (Phi) is 7.83. The Bertz CT molecular complexity index is 1160. The quantitative estimate of drug-likeness (QED) is 0.169. The Labute approximate surface area is 223 Å². The van der Waals surface area contributed by atoms with Crippen LogP contribution in [0, 0.1) is 5.82 Å². The summed E-state index contributed by atoms with van der Waals surface area (Å²) in [4.78, 5) is 30.8. The first-order valence-corrected chi connectivity index (χ1v) is 14.0. The molecule has 2 aromatic rings. The summed E-state index contributed by atoms with van der Waals surface area (Å²) in [5.74, 6) is 0.689. The molecule has 0 saturated carbocycles. The fourth-order valence-corrected chi connectivity index (χ4v) is 6.29. The summed E-state index contributed by atoms with van der Waals surface area (Å²) in [6, 6.07) is -0.162. The lowest BCUT2D eigenvalue weighted by molar-refractivity contribution is 0.00765. The summed E-state index contributed by atoms with van der Waals surface area (Å²) < 4.78 is 21.3. The highest BCUT2D eigenvalue weighted by atomic mass is 79.9. The highest BCUT2D eigenvalue weighted by Gasteiger charge is 2.50. The lowest BCUT2D eigenvalue weighted by atomic mass is 9.98. The van der Waals surface area contributed by atoms with Crippen molar-refractivity contribution in [3.8, 4) is 0 Å². The van der Waals surface area contributed by atoms with Crippen molar-refractivity contribution in [3.63, 3.8) is 0 Å². The van der Waals surface area contributed by atoms with Crippen LogP contribution in [0.2, 0.25) is 5.15 Å². The second-order valence-electron chi connectivity index (χ2n) is 9.70. The Balaban J connectivity index is 1.84. The minimum absolute atomic E-state index is 0.0344. The van der Waals surface area contributed by atoms with Crippen molar-refractivity contribution in [2.75, 3.05) is 17.2 Å². The van der Waals surface area contributed by atoms with Gasteiger partial charge in [0.1, 0.15) is 21.5 Å². The molecule has 190 valence electrons. The van der Waals surface area contributed by atoms with Crippen LogP contribution in [0.4, 0.5) is 15.0 Å². The van der Waals surface area contributed by atoms with Gasteiger partial charge in [0, 0.05) is 6.54 Å². The topological polar surface area (TPSA) is 71.5 Å². The molecule has 2 saturated heterocycles. The third kappa shape index (κ3) is 5.25. The van der Waals surface area contributed by atoms with Gasteiger partial charge in [-0.3, -0.25) is 4.90 Å². The highest BCUT2D eigenvalue weighted by molar-refractivity contribution is 9.10. The molecule has 7 nitrogen and oxygen atoms in total. The Morgan fingerprint density at radius 3 is 2.71 bits per heavy atom. The van der Waals surface area contributed by atoms with Crippen LogP contribution in [0.1, 0.15) is 53.9 Å². The number of allylic oxidation sites excluding steroid dienone is 1. The zero-order valence-corrected chi connectivity index (χ0v) is 23.7.